The average Bonchev–Trinajstić information content (AvgIpc) is 2.79. The first-order valence-corrected chi connectivity index (χ1v) is 7.09. The number of benzene rings is 1. The highest BCUT2D eigenvalue weighted by atomic mass is 35.5. The van der Waals surface area contributed by atoms with E-state index in [1.54, 1.807) is 6.20 Å². The van der Waals surface area contributed by atoms with Crippen molar-refractivity contribution >= 4 is 11.6 Å². The lowest BCUT2D eigenvalue weighted by atomic mass is 10.1. The molecule has 0 aliphatic carbocycles. The Labute approximate surface area is 124 Å². The summed E-state index contributed by atoms with van der Waals surface area (Å²) in [4.78, 5) is 4.20. The van der Waals surface area contributed by atoms with Gasteiger partial charge >= 0.3 is 0 Å². The molecule has 0 spiro atoms. The van der Waals surface area contributed by atoms with Crippen LogP contribution in [0.5, 0.6) is 5.75 Å². The van der Waals surface area contributed by atoms with Crippen LogP contribution in [0.2, 0.25) is 5.15 Å². The largest absolute Gasteiger partial charge is 0.486 e. The Bertz CT molecular complexity index is 547. The van der Waals surface area contributed by atoms with Crippen molar-refractivity contribution in [1.29, 1.82) is 0 Å². The van der Waals surface area contributed by atoms with Gasteiger partial charge in [-0.05, 0) is 31.2 Å². The highest BCUT2D eigenvalue weighted by molar-refractivity contribution is 6.29. The van der Waals surface area contributed by atoms with Crippen molar-refractivity contribution in [2.75, 3.05) is 7.05 Å². The summed E-state index contributed by atoms with van der Waals surface area (Å²) in [7, 11) is 3.85. The zero-order valence-electron chi connectivity index (χ0n) is 12.1. The lowest BCUT2D eigenvalue weighted by Crippen LogP contribution is -2.14. The normalized spacial score (nSPS) is 12.4. The Morgan fingerprint density at radius 3 is 2.55 bits per heavy atom. The first-order valence-electron chi connectivity index (χ1n) is 6.71. The number of nitrogens with zero attached hydrogens (tertiary/aromatic N) is 2. The first kappa shape index (κ1) is 14.9. The fourth-order valence-electron chi connectivity index (χ4n) is 2.11. The van der Waals surface area contributed by atoms with E-state index in [0.717, 1.165) is 18.0 Å². The SMILES string of the molecule is CCC(NC)c1ccc(OCc2ncc(Cl)n2C)cc1. The second kappa shape index (κ2) is 6.77. The topological polar surface area (TPSA) is 39.1 Å². The maximum absolute atomic E-state index is 5.94. The number of ether oxygens (including phenoxy) is 1. The second-order valence-electron chi connectivity index (χ2n) is 4.66. The van der Waals surface area contributed by atoms with Crippen molar-refractivity contribution in [3.63, 3.8) is 0 Å². The van der Waals surface area contributed by atoms with Crippen LogP contribution in [0, 0.1) is 0 Å². The molecule has 0 aliphatic rings. The third-order valence-corrected chi connectivity index (χ3v) is 3.79. The predicted octanol–water partition coefficient (Wildman–Crippen LogP) is 3.32. The van der Waals surface area contributed by atoms with Crippen molar-refractivity contribution < 1.29 is 4.74 Å². The summed E-state index contributed by atoms with van der Waals surface area (Å²) in [6.45, 7) is 2.57. The number of aromatic nitrogens is 2. The second-order valence-corrected chi connectivity index (χ2v) is 5.05. The molecular weight excluding hydrogens is 274 g/mol. The summed E-state index contributed by atoms with van der Waals surface area (Å²) in [6, 6.07) is 8.54. The number of halogens is 1. The van der Waals surface area contributed by atoms with Crippen molar-refractivity contribution in [2.45, 2.75) is 26.0 Å². The number of hydrogen-bond acceptors (Lipinski definition) is 3. The third kappa shape index (κ3) is 3.32. The first-order chi connectivity index (χ1) is 9.65. The molecule has 20 heavy (non-hydrogen) atoms. The van der Waals surface area contributed by atoms with Gasteiger partial charge in [-0.3, -0.25) is 0 Å². The number of hydrogen-bond donors (Lipinski definition) is 1. The monoisotopic (exact) mass is 293 g/mol. The van der Waals surface area contributed by atoms with Crippen LogP contribution in [0.3, 0.4) is 0 Å². The molecule has 0 bridgehead atoms. The van der Waals surface area contributed by atoms with Crippen LogP contribution in [0.4, 0.5) is 0 Å². The fourth-order valence-corrected chi connectivity index (χ4v) is 2.26. The van der Waals surface area contributed by atoms with Crippen LogP contribution < -0.4 is 10.1 Å². The Hall–Kier alpha value is -1.52. The van der Waals surface area contributed by atoms with Gasteiger partial charge in [0, 0.05) is 13.1 Å². The van der Waals surface area contributed by atoms with Crippen molar-refractivity contribution in [3.05, 3.63) is 47.0 Å². The molecule has 1 aromatic heterocycles. The maximum Gasteiger partial charge on any atom is 0.147 e. The maximum atomic E-state index is 5.94. The molecule has 1 N–H and O–H groups in total. The van der Waals surface area contributed by atoms with Gasteiger partial charge in [-0.1, -0.05) is 30.7 Å². The molecule has 0 aliphatic heterocycles. The molecule has 1 unspecified atom stereocenters. The molecule has 108 valence electrons. The van der Waals surface area contributed by atoms with E-state index in [1.807, 2.05) is 30.8 Å². The molecule has 0 radical (unpaired) electrons. The quantitative estimate of drug-likeness (QED) is 0.888. The van der Waals surface area contributed by atoms with E-state index in [9.17, 15) is 0 Å². The summed E-state index contributed by atoms with van der Waals surface area (Å²) in [5, 5.41) is 3.90. The Morgan fingerprint density at radius 1 is 1.35 bits per heavy atom. The minimum Gasteiger partial charge on any atom is -0.486 e. The van der Waals surface area contributed by atoms with E-state index < -0.39 is 0 Å². The van der Waals surface area contributed by atoms with Gasteiger partial charge in [0.15, 0.2) is 0 Å². The van der Waals surface area contributed by atoms with Gasteiger partial charge in [0.25, 0.3) is 0 Å². The van der Waals surface area contributed by atoms with E-state index in [4.69, 9.17) is 16.3 Å². The van der Waals surface area contributed by atoms with Crippen LogP contribution in [0.15, 0.2) is 30.5 Å². The molecule has 1 aromatic carbocycles. The van der Waals surface area contributed by atoms with Gasteiger partial charge in [0.1, 0.15) is 23.3 Å². The van der Waals surface area contributed by atoms with Crippen LogP contribution in [-0.2, 0) is 13.7 Å². The van der Waals surface area contributed by atoms with E-state index in [2.05, 4.69) is 29.4 Å². The zero-order chi connectivity index (χ0) is 14.5. The van der Waals surface area contributed by atoms with Gasteiger partial charge in [0.2, 0.25) is 0 Å². The van der Waals surface area contributed by atoms with Gasteiger partial charge in [-0.25, -0.2) is 4.98 Å². The van der Waals surface area contributed by atoms with Crippen molar-refractivity contribution in [3.8, 4) is 5.75 Å². The zero-order valence-corrected chi connectivity index (χ0v) is 12.8. The minimum atomic E-state index is 0.386. The molecule has 1 atom stereocenters. The molecule has 0 saturated heterocycles. The lowest BCUT2D eigenvalue weighted by Gasteiger charge is -2.14. The van der Waals surface area contributed by atoms with Crippen LogP contribution in [0.1, 0.15) is 30.8 Å². The molecule has 2 aromatic rings. The summed E-state index contributed by atoms with van der Waals surface area (Å²) < 4.78 is 7.54. The third-order valence-electron chi connectivity index (χ3n) is 3.43. The summed E-state index contributed by atoms with van der Waals surface area (Å²) in [5.74, 6) is 1.64. The standard InChI is InChI=1S/C15H20ClN3O/c1-4-13(17-2)11-5-7-12(8-6-11)20-10-15-18-9-14(16)19(15)3/h5-9,13,17H,4,10H2,1-3H3. The van der Waals surface area contributed by atoms with Crippen molar-refractivity contribution in [2.24, 2.45) is 7.05 Å². The predicted molar refractivity (Wildman–Crippen MR) is 81.1 cm³/mol. The van der Waals surface area contributed by atoms with Crippen LogP contribution in [0.25, 0.3) is 0 Å². The molecule has 0 fully saturated rings. The highest BCUT2D eigenvalue weighted by Gasteiger charge is 2.07. The van der Waals surface area contributed by atoms with E-state index in [0.29, 0.717) is 17.8 Å². The Balaban J connectivity index is 1.99. The number of rotatable bonds is 6. The number of imidazole rings is 1. The Morgan fingerprint density at radius 2 is 2.05 bits per heavy atom. The van der Waals surface area contributed by atoms with Crippen molar-refractivity contribution in [1.82, 2.24) is 14.9 Å². The van der Waals surface area contributed by atoms with Gasteiger partial charge in [0.05, 0.1) is 6.20 Å². The lowest BCUT2D eigenvalue weighted by molar-refractivity contribution is 0.291. The van der Waals surface area contributed by atoms with Gasteiger partial charge < -0.3 is 14.6 Å². The molecule has 0 saturated carbocycles. The minimum absolute atomic E-state index is 0.386. The molecule has 0 amide bonds. The summed E-state index contributed by atoms with van der Waals surface area (Å²) >= 11 is 5.94. The molecular formula is C15H20ClN3O. The van der Waals surface area contributed by atoms with E-state index in [1.165, 1.54) is 5.56 Å². The average molecular weight is 294 g/mol. The number of nitrogens with one attached hydrogen (secondary N) is 1. The van der Waals surface area contributed by atoms with Gasteiger partial charge in [-0.2, -0.15) is 0 Å². The van der Waals surface area contributed by atoms with E-state index >= 15 is 0 Å². The van der Waals surface area contributed by atoms with Crippen LogP contribution >= 0.6 is 11.6 Å². The Kier molecular flexibility index (Phi) is 5.04. The summed E-state index contributed by atoms with van der Waals surface area (Å²) in [6.07, 6.45) is 2.69. The summed E-state index contributed by atoms with van der Waals surface area (Å²) in [5.41, 5.74) is 1.27. The smallest absolute Gasteiger partial charge is 0.147 e. The highest BCUT2D eigenvalue weighted by Crippen LogP contribution is 2.20. The van der Waals surface area contributed by atoms with E-state index in [-0.39, 0.29) is 0 Å². The van der Waals surface area contributed by atoms with Crippen LogP contribution in [-0.4, -0.2) is 16.6 Å². The molecule has 5 heteroatoms. The molecule has 4 nitrogen and oxygen atoms in total. The molecule has 2 rings (SSSR count). The molecule has 1 heterocycles. The fraction of sp³-hybridized carbons (Fsp3) is 0.400. The van der Waals surface area contributed by atoms with Gasteiger partial charge in [-0.15, -0.1) is 0 Å².